The minimum Gasteiger partial charge on any atom is -0.383 e. The SMILES string of the molecule is CCn1cc(CN(CCOC)C(=O)NC(C)(C)C(C)C)cn1. The molecule has 1 heterocycles. The fourth-order valence-corrected chi connectivity index (χ4v) is 1.83. The van der Waals surface area contributed by atoms with Crippen molar-refractivity contribution < 1.29 is 9.53 Å². The van der Waals surface area contributed by atoms with Crippen molar-refractivity contribution in [2.75, 3.05) is 20.3 Å². The van der Waals surface area contributed by atoms with Crippen molar-refractivity contribution in [2.45, 2.75) is 53.2 Å². The molecule has 0 fully saturated rings. The maximum absolute atomic E-state index is 12.6. The third kappa shape index (κ3) is 5.33. The second-order valence-electron chi connectivity index (χ2n) is 6.43. The lowest BCUT2D eigenvalue weighted by atomic mass is 9.91. The monoisotopic (exact) mass is 310 g/mol. The van der Waals surface area contributed by atoms with Crippen LogP contribution in [0.1, 0.15) is 40.2 Å². The van der Waals surface area contributed by atoms with Gasteiger partial charge in [-0.25, -0.2) is 4.79 Å². The summed E-state index contributed by atoms with van der Waals surface area (Å²) < 4.78 is 6.98. The molecule has 1 N–H and O–H groups in total. The maximum atomic E-state index is 12.6. The average molecular weight is 310 g/mol. The van der Waals surface area contributed by atoms with Crippen LogP contribution in [0, 0.1) is 5.92 Å². The van der Waals surface area contributed by atoms with Crippen molar-refractivity contribution in [3.05, 3.63) is 18.0 Å². The van der Waals surface area contributed by atoms with Gasteiger partial charge in [0, 0.05) is 37.5 Å². The number of ether oxygens (including phenoxy) is 1. The molecule has 6 nitrogen and oxygen atoms in total. The highest BCUT2D eigenvalue weighted by molar-refractivity contribution is 5.75. The minimum absolute atomic E-state index is 0.0694. The van der Waals surface area contributed by atoms with Crippen LogP contribution in [0.4, 0.5) is 4.79 Å². The van der Waals surface area contributed by atoms with Gasteiger partial charge in [0.1, 0.15) is 0 Å². The van der Waals surface area contributed by atoms with Gasteiger partial charge in [-0.1, -0.05) is 13.8 Å². The van der Waals surface area contributed by atoms with Crippen LogP contribution >= 0.6 is 0 Å². The van der Waals surface area contributed by atoms with E-state index in [1.165, 1.54) is 0 Å². The number of amides is 2. The highest BCUT2D eigenvalue weighted by Gasteiger charge is 2.27. The van der Waals surface area contributed by atoms with Crippen molar-refractivity contribution in [1.29, 1.82) is 0 Å². The molecule has 0 spiro atoms. The second-order valence-corrected chi connectivity index (χ2v) is 6.43. The molecular formula is C16H30N4O2. The fourth-order valence-electron chi connectivity index (χ4n) is 1.83. The molecule has 0 aromatic carbocycles. The Morgan fingerprint density at radius 1 is 1.50 bits per heavy atom. The van der Waals surface area contributed by atoms with Gasteiger partial charge in [0.15, 0.2) is 0 Å². The van der Waals surface area contributed by atoms with E-state index in [2.05, 4.69) is 24.3 Å². The van der Waals surface area contributed by atoms with Crippen LogP contribution in [0.15, 0.2) is 12.4 Å². The average Bonchev–Trinajstić information content (AvgIpc) is 2.90. The van der Waals surface area contributed by atoms with Gasteiger partial charge < -0.3 is 15.0 Å². The van der Waals surface area contributed by atoms with Crippen LogP contribution in [-0.2, 0) is 17.8 Å². The quantitative estimate of drug-likeness (QED) is 0.802. The van der Waals surface area contributed by atoms with Gasteiger partial charge in [0.25, 0.3) is 0 Å². The number of hydrogen-bond donors (Lipinski definition) is 1. The molecule has 6 heteroatoms. The van der Waals surface area contributed by atoms with E-state index in [-0.39, 0.29) is 11.6 Å². The summed E-state index contributed by atoms with van der Waals surface area (Å²) in [6.07, 6.45) is 3.78. The van der Waals surface area contributed by atoms with Crippen molar-refractivity contribution in [1.82, 2.24) is 20.0 Å². The Kier molecular flexibility index (Phi) is 6.87. The van der Waals surface area contributed by atoms with E-state index in [0.717, 1.165) is 12.1 Å². The number of carbonyl (C=O) groups is 1. The van der Waals surface area contributed by atoms with Gasteiger partial charge in [-0.2, -0.15) is 5.10 Å². The zero-order chi connectivity index (χ0) is 16.8. The molecule has 0 atom stereocenters. The van der Waals surface area contributed by atoms with Gasteiger partial charge in [-0.3, -0.25) is 4.68 Å². The summed E-state index contributed by atoms with van der Waals surface area (Å²) in [6.45, 7) is 12.7. The van der Waals surface area contributed by atoms with Crippen LogP contribution in [0.3, 0.4) is 0 Å². The summed E-state index contributed by atoms with van der Waals surface area (Å²) in [5, 5.41) is 7.37. The molecule has 0 aliphatic rings. The fraction of sp³-hybridized carbons (Fsp3) is 0.750. The number of rotatable bonds is 8. The number of methoxy groups -OCH3 is 1. The summed E-state index contributed by atoms with van der Waals surface area (Å²) in [6, 6.07) is -0.0694. The Hall–Kier alpha value is -1.56. The zero-order valence-electron chi connectivity index (χ0n) is 14.7. The van der Waals surface area contributed by atoms with Crippen LogP contribution in [0.2, 0.25) is 0 Å². The molecule has 0 saturated heterocycles. The molecule has 0 radical (unpaired) electrons. The number of aryl methyl sites for hydroxylation is 1. The molecule has 0 saturated carbocycles. The number of carbonyl (C=O) groups excluding carboxylic acids is 1. The van der Waals surface area contributed by atoms with Crippen LogP contribution in [0.25, 0.3) is 0 Å². The second kappa shape index (κ2) is 8.17. The topological polar surface area (TPSA) is 59.4 Å². The molecule has 2 amide bonds. The first-order valence-corrected chi connectivity index (χ1v) is 7.87. The van der Waals surface area contributed by atoms with Crippen LogP contribution < -0.4 is 5.32 Å². The van der Waals surface area contributed by atoms with Gasteiger partial charge >= 0.3 is 6.03 Å². The number of aromatic nitrogens is 2. The Morgan fingerprint density at radius 2 is 2.18 bits per heavy atom. The Balaban J connectivity index is 2.76. The van der Waals surface area contributed by atoms with E-state index in [9.17, 15) is 4.79 Å². The lowest BCUT2D eigenvalue weighted by molar-refractivity contribution is 0.138. The van der Waals surface area contributed by atoms with Crippen molar-refractivity contribution >= 4 is 6.03 Å². The zero-order valence-corrected chi connectivity index (χ0v) is 14.7. The lowest BCUT2D eigenvalue weighted by Crippen LogP contribution is -2.53. The number of hydrogen-bond acceptors (Lipinski definition) is 3. The summed E-state index contributed by atoms with van der Waals surface area (Å²) in [4.78, 5) is 14.4. The Bertz CT molecular complexity index is 468. The van der Waals surface area contributed by atoms with E-state index in [1.807, 2.05) is 37.8 Å². The van der Waals surface area contributed by atoms with E-state index >= 15 is 0 Å². The predicted molar refractivity (Wildman–Crippen MR) is 87.6 cm³/mol. The van der Waals surface area contributed by atoms with Crippen molar-refractivity contribution in [2.24, 2.45) is 5.92 Å². The molecular weight excluding hydrogens is 280 g/mol. The molecule has 0 unspecified atom stereocenters. The van der Waals surface area contributed by atoms with E-state index < -0.39 is 0 Å². The number of nitrogens with zero attached hydrogens (tertiary/aromatic N) is 3. The van der Waals surface area contributed by atoms with Crippen LogP contribution in [0.5, 0.6) is 0 Å². The lowest BCUT2D eigenvalue weighted by Gasteiger charge is -2.33. The van der Waals surface area contributed by atoms with Crippen molar-refractivity contribution in [3.63, 3.8) is 0 Å². The molecule has 1 aromatic rings. The molecule has 1 rings (SSSR count). The summed E-state index contributed by atoms with van der Waals surface area (Å²) in [5.74, 6) is 0.351. The normalized spacial score (nSPS) is 11.8. The van der Waals surface area contributed by atoms with Gasteiger partial charge in [-0.15, -0.1) is 0 Å². The number of nitrogens with one attached hydrogen (secondary N) is 1. The van der Waals surface area contributed by atoms with Gasteiger partial charge in [-0.05, 0) is 26.7 Å². The summed E-state index contributed by atoms with van der Waals surface area (Å²) in [7, 11) is 1.64. The van der Waals surface area contributed by atoms with E-state index in [1.54, 1.807) is 12.0 Å². The first-order chi connectivity index (χ1) is 10.3. The largest absolute Gasteiger partial charge is 0.383 e. The molecule has 0 aliphatic heterocycles. The summed E-state index contributed by atoms with van der Waals surface area (Å²) in [5.41, 5.74) is 0.770. The van der Waals surface area contributed by atoms with E-state index in [0.29, 0.717) is 25.6 Å². The Labute approximate surface area is 133 Å². The molecule has 22 heavy (non-hydrogen) atoms. The number of urea groups is 1. The van der Waals surface area contributed by atoms with Gasteiger partial charge in [0.2, 0.25) is 0 Å². The van der Waals surface area contributed by atoms with Crippen molar-refractivity contribution in [3.8, 4) is 0 Å². The highest BCUT2D eigenvalue weighted by Crippen LogP contribution is 2.16. The molecule has 0 bridgehead atoms. The third-order valence-corrected chi connectivity index (χ3v) is 4.11. The first-order valence-electron chi connectivity index (χ1n) is 7.87. The predicted octanol–water partition coefficient (Wildman–Crippen LogP) is 2.50. The third-order valence-electron chi connectivity index (χ3n) is 4.11. The summed E-state index contributed by atoms with van der Waals surface area (Å²) >= 11 is 0. The standard InChI is InChI=1S/C16H30N4O2/c1-7-20-12-14(10-17-20)11-19(8-9-22-6)15(21)18-16(4,5)13(2)3/h10,12-13H,7-9,11H2,1-6H3,(H,18,21). The molecule has 1 aromatic heterocycles. The van der Waals surface area contributed by atoms with Crippen LogP contribution in [-0.4, -0.2) is 46.5 Å². The molecule has 0 aliphatic carbocycles. The molecule has 126 valence electrons. The smallest absolute Gasteiger partial charge is 0.318 e. The minimum atomic E-state index is -0.254. The Morgan fingerprint density at radius 3 is 2.68 bits per heavy atom. The maximum Gasteiger partial charge on any atom is 0.318 e. The highest BCUT2D eigenvalue weighted by atomic mass is 16.5. The first kappa shape index (κ1) is 18.5. The van der Waals surface area contributed by atoms with Gasteiger partial charge in [0.05, 0.1) is 19.3 Å². The van der Waals surface area contributed by atoms with E-state index in [4.69, 9.17) is 4.74 Å².